The largest absolute Gasteiger partial charge is 0.457 e. The van der Waals surface area contributed by atoms with Crippen LogP contribution in [0.25, 0.3) is 33.7 Å². The van der Waals surface area contributed by atoms with Gasteiger partial charge in [-0.25, -0.2) is 4.39 Å². The van der Waals surface area contributed by atoms with Crippen LogP contribution in [0.1, 0.15) is 23.0 Å². The first-order chi connectivity index (χ1) is 15.0. The van der Waals surface area contributed by atoms with Crippen molar-refractivity contribution in [2.24, 2.45) is 0 Å². The number of halogens is 1. The van der Waals surface area contributed by atoms with Crippen LogP contribution in [0.2, 0.25) is 0 Å². The molecule has 0 radical (unpaired) electrons. The second-order valence-corrected chi connectivity index (χ2v) is 7.90. The number of aromatic nitrogens is 3. The average molecular weight is 431 g/mol. The third kappa shape index (κ3) is 3.57. The van der Waals surface area contributed by atoms with E-state index < -0.39 is 0 Å². The van der Waals surface area contributed by atoms with Crippen LogP contribution in [0.5, 0.6) is 0 Å². The number of benzene rings is 2. The number of thiazole rings is 1. The summed E-state index contributed by atoms with van der Waals surface area (Å²) in [5.41, 5.74) is 1.80. The summed E-state index contributed by atoms with van der Waals surface area (Å²) < 4.78 is 20.6. The molecule has 3 heterocycles. The number of fused-ring (bicyclic) bond motifs is 1. The SMILES string of the molecule is CC(=O)c1ccc(-c2ccc(C=c3sc4nc(-c5ccc(F)cc5)nn4c3=O)o2)cc1. The van der Waals surface area contributed by atoms with Crippen molar-refractivity contribution in [3.05, 3.63) is 92.7 Å². The molecule has 0 fully saturated rings. The van der Waals surface area contributed by atoms with Gasteiger partial charge in [-0.2, -0.15) is 9.50 Å². The lowest BCUT2D eigenvalue weighted by Crippen LogP contribution is -2.23. The summed E-state index contributed by atoms with van der Waals surface area (Å²) in [4.78, 5) is 29.0. The van der Waals surface area contributed by atoms with Gasteiger partial charge in [-0.1, -0.05) is 35.6 Å². The summed E-state index contributed by atoms with van der Waals surface area (Å²) in [6, 6.07) is 16.5. The average Bonchev–Trinajstić information content (AvgIpc) is 3.47. The van der Waals surface area contributed by atoms with E-state index in [1.165, 1.54) is 34.9 Å². The van der Waals surface area contributed by atoms with Crippen LogP contribution in [0.3, 0.4) is 0 Å². The molecule has 31 heavy (non-hydrogen) atoms. The number of hydrogen-bond acceptors (Lipinski definition) is 6. The Hall–Kier alpha value is -3.91. The number of furan rings is 1. The zero-order valence-corrected chi connectivity index (χ0v) is 17.0. The van der Waals surface area contributed by atoms with Crippen molar-refractivity contribution >= 4 is 28.2 Å². The van der Waals surface area contributed by atoms with E-state index >= 15 is 0 Å². The molecule has 0 saturated heterocycles. The molecule has 0 aliphatic carbocycles. The number of rotatable bonds is 4. The molecule has 3 aromatic heterocycles. The fraction of sp³-hybridized carbons (Fsp3) is 0.0435. The van der Waals surface area contributed by atoms with Crippen LogP contribution in [0, 0.1) is 5.82 Å². The molecule has 0 bridgehead atoms. The van der Waals surface area contributed by atoms with Gasteiger partial charge in [-0.05, 0) is 43.3 Å². The standard InChI is InChI=1S/C23H14FN3O3S/c1-13(28)14-2-4-15(5-3-14)19-11-10-18(30-19)12-20-22(29)27-23(31-20)25-21(26-27)16-6-8-17(24)9-7-16/h2-12H,1H3. The van der Waals surface area contributed by atoms with E-state index in [1.54, 1.807) is 36.4 Å². The van der Waals surface area contributed by atoms with Crippen LogP contribution >= 0.6 is 11.3 Å². The minimum Gasteiger partial charge on any atom is -0.457 e. The Bertz CT molecular complexity index is 1530. The van der Waals surface area contributed by atoms with Gasteiger partial charge in [0, 0.05) is 22.8 Å². The molecule has 0 aliphatic heterocycles. The predicted octanol–water partition coefficient (Wildman–Crippen LogP) is 3.97. The lowest BCUT2D eigenvalue weighted by atomic mass is 10.1. The summed E-state index contributed by atoms with van der Waals surface area (Å²) in [5, 5.41) is 4.25. The number of ketones is 1. The number of carbonyl (C=O) groups excluding carboxylic acids is 1. The Morgan fingerprint density at radius 3 is 2.42 bits per heavy atom. The normalized spacial score (nSPS) is 12.0. The summed E-state index contributed by atoms with van der Waals surface area (Å²) in [5.74, 6) is 1.17. The van der Waals surface area contributed by atoms with Gasteiger partial charge in [0.25, 0.3) is 5.56 Å². The minimum atomic E-state index is -0.348. The number of hydrogen-bond donors (Lipinski definition) is 0. The van der Waals surface area contributed by atoms with Crippen molar-refractivity contribution in [3.63, 3.8) is 0 Å². The fourth-order valence-electron chi connectivity index (χ4n) is 3.14. The van der Waals surface area contributed by atoms with Gasteiger partial charge in [0.15, 0.2) is 11.6 Å². The van der Waals surface area contributed by atoms with Crippen molar-refractivity contribution in [1.82, 2.24) is 14.6 Å². The Balaban J connectivity index is 1.47. The summed E-state index contributed by atoms with van der Waals surface area (Å²) >= 11 is 1.20. The van der Waals surface area contributed by atoms with E-state index in [2.05, 4.69) is 10.1 Å². The fourth-order valence-corrected chi connectivity index (χ4v) is 4.03. The summed E-state index contributed by atoms with van der Waals surface area (Å²) in [6.45, 7) is 1.52. The van der Waals surface area contributed by atoms with Gasteiger partial charge in [0.05, 0.1) is 0 Å². The molecular weight excluding hydrogens is 417 g/mol. The quantitative estimate of drug-likeness (QED) is 0.403. The van der Waals surface area contributed by atoms with E-state index in [0.29, 0.717) is 38.0 Å². The van der Waals surface area contributed by atoms with Crippen LogP contribution in [0.4, 0.5) is 4.39 Å². The molecule has 0 saturated carbocycles. The summed E-state index contributed by atoms with van der Waals surface area (Å²) in [6.07, 6.45) is 1.65. The van der Waals surface area contributed by atoms with Crippen molar-refractivity contribution in [2.75, 3.05) is 0 Å². The Morgan fingerprint density at radius 1 is 1.03 bits per heavy atom. The highest BCUT2D eigenvalue weighted by Gasteiger charge is 2.13. The molecular formula is C23H14FN3O3S. The van der Waals surface area contributed by atoms with E-state index in [4.69, 9.17) is 4.42 Å². The van der Waals surface area contributed by atoms with E-state index in [0.717, 1.165) is 5.56 Å². The van der Waals surface area contributed by atoms with Crippen molar-refractivity contribution in [3.8, 4) is 22.7 Å². The third-order valence-electron chi connectivity index (χ3n) is 4.76. The highest BCUT2D eigenvalue weighted by atomic mass is 32.1. The molecule has 0 N–H and O–H groups in total. The van der Waals surface area contributed by atoms with Crippen molar-refractivity contribution in [2.45, 2.75) is 6.92 Å². The molecule has 0 atom stereocenters. The molecule has 6 nitrogen and oxygen atoms in total. The van der Waals surface area contributed by atoms with Crippen LogP contribution in [-0.2, 0) is 0 Å². The Kier molecular flexibility index (Phi) is 4.56. The highest BCUT2D eigenvalue weighted by Crippen LogP contribution is 2.23. The van der Waals surface area contributed by atoms with Gasteiger partial charge in [-0.3, -0.25) is 9.59 Å². The molecule has 2 aromatic carbocycles. The van der Waals surface area contributed by atoms with Crippen molar-refractivity contribution in [1.29, 1.82) is 0 Å². The van der Waals surface area contributed by atoms with Crippen LogP contribution in [-0.4, -0.2) is 20.4 Å². The Labute approximate surface area is 178 Å². The maximum absolute atomic E-state index is 13.1. The minimum absolute atomic E-state index is 0.00175. The highest BCUT2D eigenvalue weighted by molar-refractivity contribution is 7.15. The predicted molar refractivity (Wildman–Crippen MR) is 115 cm³/mol. The zero-order valence-electron chi connectivity index (χ0n) is 16.2. The molecule has 5 aromatic rings. The van der Waals surface area contributed by atoms with Crippen molar-refractivity contribution < 1.29 is 13.6 Å². The smallest absolute Gasteiger partial charge is 0.291 e. The topological polar surface area (TPSA) is 77.5 Å². The van der Waals surface area contributed by atoms with Gasteiger partial charge in [0.1, 0.15) is 21.9 Å². The number of Topliss-reactive ketones (excluding diaryl/α,β-unsaturated/α-hetero) is 1. The van der Waals surface area contributed by atoms with Crippen LogP contribution < -0.4 is 10.1 Å². The molecule has 0 spiro atoms. The van der Waals surface area contributed by atoms with E-state index in [-0.39, 0.29) is 17.2 Å². The number of carbonyl (C=O) groups is 1. The van der Waals surface area contributed by atoms with Crippen LogP contribution in [0.15, 0.2) is 69.9 Å². The van der Waals surface area contributed by atoms with Gasteiger partial charge in [-0.15, -0.1) is 5.10 Å². The second kappa shape index (κ2) is 7.41. The maximum Gasteiger partial charge on any atom is 0.291 e. The molecule has 8 heteroatoms. The first-order valence-corrected chi connectivity index (χ1v) is 10.2. The second-order valence-electron chi connectivity index (χ2n) is 6.89. The van der Waals surface area contributed by atoms with Gasteiger partial charge in [0.2, 0.25) is 4.96 Å². The lowest BCUT2D eigenvalue weighted by Gasteiger charge is -1.98. The summed E-state index contributed by atoms with van der Waals surface area (Å²) in [7, 11) is 0. The molecule has 5 rings (SSSR count). The van der Waals surface area contributed by atoms with Gasteiger partial charge < -0.3 is 4.42 Å². The molecule has 0 aliphatic rings. The molecule has 0 unspecified atom stereocenters. The maximum atomic E-state index is 13.1. The molecule has 0 amide bonds. The third-order valence-corrected chi connectivity index (χ3v) is 5.72. The zero-order chi connectivity index (χ0) is 21.5. The first-order valence-electron chi connectivity index (χ1n) is 9.36. The molecule has 152 valence electrons. The Morgan fingerprint density at radius 2 is 1.74 bits per heavy atom. The van der Waals surface area contributed by atoms with Gasteiger partial charge >= 0.3 is 0 Å². The van der Waals surface area contributed by atoms with E-state index in [9.17, 15) is 14.0 Å². The first kappa shape index (κ1) is 19.1. The lowest BCUT2D eigenvalue weighted by molar-refractivity contribution is 0.101. The number of nitrogens with zero attached hydrogens (tertiary/aromatic N) is 3. The van der Waals surface area contributed by atoms with E-state index in [1.807, 2.05) is 18.2 Å². The monoisotopic (exact) mass is 431 g/mol.